The van der Waals surface area contributed by atoms with Gasteiger partial charge in [0.15, 0.2) is 0 Å². The summed E-state index contributed by atoms with van der Waals surface area (Å²) in [6, 6.07) is 9.03. The lowest BCUT2D eigenvalue weighted by Gasteiger charge is -2.26. The fourth-order valence-corrected chi connectivity index (χ4v) is 2.34. The van der Waals surface area contributed by atoms with Gasteiger partial charge in [0.2, 0.25) is 5.91 Å². The van der Waals surface area contributed by atoms with Gasteiger partial charge in [-0.15, -0.1) is 0 Å². The van der Waals surface area contributed by atoms with Crippen LogP contribution in [0.15, 0.2) is 24.3 Å². The number of amides is 1. The van der Waals surface area contributed by atoms with Gasteiger partial charge in [-0.25, -0.2) is 0 Å². The molecule has 0 spiro atoms. The Morgan fingerprint density at radius 1 is 1.12 bits per heavy atom. The third-order valence-electron chi connectivity index (χ3n) is 3.86. The van der Waals surface area contributed by atoms with Crippen molar-refractivity contribution in [3.05, 3.63) is 35.4 Å². The fraction of sp³-hybridized carbons (Fsp3) is 0.533. The lowest BCUT2D eigenvalue weighted by molar-refractivity contribution is -0.121. The van der Waals surface area contributed by atoms with E-state index in [0.717, 1.165) is 24.3 Å². The van der Waals surface area contributed by atoms with Crippen molar-refractivity contribution in [3.8, 4) is 0 Å². The van der Waals surface area contributed by atoms with Gasteiger partial charge in [-0.1, -0.05) is 24.3 Å². The number of carbonyl (C=O) groups excluding carboxylic acids is 1. The second kappa shape index (κ2) is 4.52. The zero-order valence-corrected chi connectivity index (χ0v) is 10.1. The van der Waals surface area contributed by atoms with Crippen molar-refractivity contribution in [1.29, 1.82) is 0 Å². The predicted molar refractivity (Wildman–Crippen MR) is 67.9 cm³/mol. The van der Waals surface area contributed by atoms with E-state index in [2.05, 4.69) is 29.6 Å². The average molecular weight is 229 g/mol. The Morgan fingerprint density at radius 3 is 2.35 bits per heavy atom. The minimum atomic E-state index is 0.175. The molecule has 3 rings (SSSR count). The van der Waals surface area contributed by atoms with Gasteiger partial charge in [0.05, 0.1) is 6.42 Å². The molecule has 1 aromatic rings. The van der Waals surface area contributed by atoms with Crippen LogP contribution in [0.25, 0.3) is 0 Å². The number of carbonyl (C=O) groups is 1. The summed E-state index contributed by atoms with van der Waals surface area (Å²) in [5.41, 5.74) is 2.57. The molecule has 2 heteroatoms. The maximum atomic E-state index is 11.7. The van der Waals surface area contributed by atoms with Gasteiger partial charge in [-0.2, -0.15) is 0 Å². The van der Waals surface area contributed by atoms with Gasteiger partial charge < -0.3 is 5.32 Å². The molecule has 0 saturated heterocycles. The molecular weight excluding hydrogens is 210 g/mol. The number of nitrogens with one attached hydrogen (secondary N) is 1. The van der Waals surface area contributed by atoms with Gasteiger partial charge >= 0.3 is 0 Å². The van der Waals surface area contributed by atoms with Crippen LogP contribution in [0, 0.1) is 0 Å². The Labute approximate surface area is 102 Å². The molecule has 0 heterocycles. The zero-order valence-electron chi connectivity index (χ0n) is 10.1. The maximum Gasteiger partial charge on any atom is 0.224 e. The molecule has 90 valence electrons. The van der Waals surface area contributed by atoms with E-state index in [1.165, 1.54) is 24.8 Å². The number of hydrogen-bond acceptors (Lipinski definition) is 1. The molecule has 2 nitrogen and oxygen atoms in total. The molecule has 0 aromatic heterocycles. The monoisotopic (exact) mass is 229 g/mol. The number of benzene rings is 1. The summed E-state index contributed by atoms with van der Waals surface area (Å²) in [6.45, 7) is 0. The summed E-state index contributed by atoms with van der Waals surface area (Å²) in [7, 11) is 0. The van der Waals surface area contributed by atoms with E-state index in [1.807, 2.05) is 0 Å². The molecule has 0 bridgehead atoms. The minimum Gasteiger partial charge on any atom is -0.353 e. The van der Waals surface area contributed by atoms with E-state index in [1.54, 1.807) is 0 Å². The van der Waals surface area contributed by atoms with E-state index in [0.29, 0.717) is 12.5 Å². The summed E-state index contributed by atoms with van der Waals surface area (Å²) in [4.78, 5) is 11.7. The summed E-state index contributed by atoms with van der Waals surface area (Å²) in [5.74, 6) is 0.974. The topological polar surface area (TPSA) is 29.1 Å². The van der Waals surface area contributed by atoms with Crippen LogP contribution < -0.4 is 5.32 Å². The van der Waals surface area contributed by atoms with Gasteiger partial charge in [0, 0.05) is 6.04 Å². The van der Waals surface area contributed by atoms with Crippen molar-refractivity contribution in [3.63, 3.8) is 0 Å². The molecule has 1 aromatic carbocycles. The lowest BCUT2D eigenvalue weighted by atomic mass is 9.93. The van der Waals surface area contributed by atoms with Crippen LogP contribution in [-0.4, -0.2) is 11.9 Å². The molecule has 2 fully saturated rings. The first-order valence-corrected chi connectivity index (χ1v) is 6.69. The van der Waals surface area contributed by atoms with Crippen molar-refractivity contribution in [2.75, 3.05) is 0 Å². The predicted octanol–water partition coefficient (Wildman–Crippen LogP) is 2.78. The molecule has 2 aliphatic rings. The van der Waals surface area contributed by atoms with E-state index in [9.17, 15) is 4.79 Å². The molecular formula is C15H19NO. The lowest BCUT2D eigenvalue weighted by Crippen LogP contribution is -2.40. The summed E-state index contributed by atoms with van der Waals surface area (Å²) >= 11 is 0. The first kappa shape index (κ1) is 10.8. The van der Waals surface area contributed by atoms with Gasteiger partial charge in [-0.05, 0) is 49.1 Å². The quantitative estimate of drug-likeness (QED) is 0.845. The van der Waals surface area contributed by atoms with E-state index < -0.39 is 0 Å². The van der Waals surface area contributed by atoms with Crippen LogP contribution in [0.1, 0.15) is 49.1 Å². The average Bonchev–Trinajstić information content (AvgIpc) is 3.09. The SMILES string of the molecule is O=C(Cc1ccc(C2CC2)cc1)NC1CCC1. The summed E-state index contributed by atoms with van der Waals surface area (Å²) in [6.07, 6.45) is 6.78. The molecule has 2 saturated carbocycles. The van der Waals surface area contributed by atoms with Crippen LogP contribution in [-0.2, 0) is 11.2 Å². The Balaban J connectivity index is 1.54. The van der Waals surface area contributed by atoms with Crippen LogP contribution in [0.4, 0.5) is 0 Å². The molecule has 0 atom stereocenters. The first-order chi connectivity index (χ1) is 8.31. The van der Waals surface area contributed by atoms with Crippen molar-refractivity contribution in [1.82, 2.24) is 5.32 Å². The third-order valence-corrected chi connectivity index (χ3v) is 3.86. The molecule has 2 aliphatic carbocycles. The maximum absolute atomic E-state index is 11.7. The highest BCUT2D eigenvalue weighted by Crippen LogP contribution is 2.39. The second-order valence-corrected chi connectivity index (χ2v) is 5.39. The van der Waals surface area contributed by atoms with Gasteiger partial charge in [0.25, 0.3) is 0 Å². The fourth-order valence-electron chi connectivity index (χ4n) is 2.34. The largest absolute Gasteiger partial charge is 0.353 e. The van der Waals surface area contributed by atoms with Crippen LogP contribution >= 0.6 is 0 Å². The van der Waals surface area contributed by atoms with Crippen molar-refractivity contribution in [2.45, 2.75) is 50.5 Å². The molecule has 17 heavy (non-hydrogen) atoms. The normalized spacial score (nSPS) is 19.8. The number of rotatable bonds is 4. The smallest absolute Gasteiger partial charge is 0.224 e. The van der Waals surface area contributed by atoms with Gasteiger partial charge in [-0.3, -0.25) is 4.79 Å². The van der Waals surface area contributed by atoms with Crippen LogP contribution in [0.5, 0.6) is 0 Å². The Hall–Kier alpha value is -1.31. The first-order valence-electron chi connectivity index (χ1n) is 6.69. The summed E-state index contributed by atoms with van der Waals surface area (Å²) in [5, 5.41) is 3.08. The van der Waals surface area contributed by atoms with Crippen molar-refractivity contribution in [2.24, 2.45) is 0 Å². The standard InChI is InChI=1S/C15H19NO/c17-15(16-14-2-1-3-14)10-11-4-6-12(7-5-11)13-8-9-13/h4-7,13-14H,1-3,8-10H2,(H,16,17). The molecule has 1 amide bonds. The van der Waals surface area contributed by atoms with Gasteiger partial charge in [0.1, 0.15) is 0 Å². The van der Waals surface area contributed by atoms with E-state index in [-0.39, 0.29) is 5.91 Å². The van der Waals surface area contributed by atoms with Crippen LogP contribution in [0.3, 0.4) is 0 Å². The van der Waals surface area contributed by atoms with E-state index in [4.69, 9.17) is 0 Å². The molecule has 1 N–H and O–H groups in total. The van der Waals surface area contributed by atoms with Crippen LogP contribution in [0.2, 0.25) is 0 Å². The number of hydrogen-bond donors (Lipinski definition) is 1. The Bertz CT molecular complexity index is 401. The Kier molecular flexibility index (Phi) is 2.87. The van der Waals surface area contributed by atoms with Crippen molar-refractivity contribution < 1.29 is 4.79 Å². The minimum absolute atomic E-state index is 0.175. The molecule has 0 unspecified atom stereocenters. The highest BCUT2D eigenvalue weighted by Gasteiger charge is 2.23. The molecule has 0 radical (unpaired) electrons. The second-order valence-electron chi connectivity index (χ2n) is 5.39. The zero-order chi connectivity index (χ0) is 11.7. The highest BCUT2D eigenvalue weighted by molar-refractivity contribution is 5.78. The highest BCUT2D eigenvalue weighted by atomic mass is 16.1. The Morgan fingerprint density at radius 2 is 1.82 bits per heavy atom. The summed E-state index contributed by atoms with van der Waals surface area (Å²) < 4.78 is 0. The van der Waals surface area contributed by atoms with Crippen molar-refractivity contribution >= 4 is 5.91 Å². The van der Waals surface area contributed by atoms with E-state index >= 15 is 0 Å². The molecule has 0 aliphatic heterocycles. The third kappa shape index (κ3) is 2.68.